The molecule has 1 fully saturated rings. The largest absolute Gasteiger partial charge is 0.376 e. The van der Waals surface area contributed by atoms with Gasteiger partial charge in [0.25, 0.3) is 10.1 Å². The Balaban J connectivity index is 0.000000200. The van der Waals surface area contributed by atoms with Crippen molar-refractivity contribution in [2.24, 2.45) is 0 Å². The van der Waals surface area contributed by atoms with E-state index in [1.165, 1.54) is 12.1 Å². The van der Waals surface area contributed by atoms with Crippen LogP contribution in [0, 0.1) is 6.92 Å². The fraction of sp³-hybridized carbons (Fsp3) is 0.538. The molecule has 19 heavy (non-hydrogen) atoms. The zero-order valence-electron chi connectivity index (χ0n) is 11.5. The van der Waals surface area contributed by atoms with Crippen LogP contribution in [0.1, 0.15) is 19.4 Å². The first kappa shape index (κ1) is 16.1. The van der Waals surface area contributed by atoms with Crippen LogP contribution in [0.3, 0.4) is 0 Å². The van der Waals surface area contributed by atoms with Crippen LogP contribution in [0.5, 0.6) is 0 Å². The van der Waals surface area contributed by atoms with Crippen LogP contribution < -0.4 is 5.32 Å². The molecule has 108 valence electrons. The molecular formula is C13H21NO4S. The molecule has 0 aliphatic carbocycles. The third-order valence-corrected chi connectivity index (χ3v) is 3.57. The van der Waals surface area contributed by atoms with E-state index in [4.69, 9.17) is 9.29 Å². The average Bonchev–Trinajstić information content (AvgIpc) is 2.33. The molecule has 1 aliphatic heterocycles. The van der Waals surface area contributed by atoms with Gasteiger partial charge >= 0.3 is 0 Å². The maximum atomic E-state index is 10.5. The topological polar surface area (TPSA) is 75.6 Å². The van der Waals surface area contributed by atoms with Gasteiger partial charge in [-0.25, -0.2) is 0 Å². The number of rotatable bonds is 1. The zero-order valence-corrected chi connectivity index (χ0v) is 12.3. The Kier molecular flexibility index (Phi) is 5.93. The lowest BCUT2D eigenvalue weighted by molar-refractivity contribution is 0.0196. The highest BCUT2D eigenvalue weighted by Gasteiger charge is 2.12. The minimum absolute atomic E-state index is 0.0666. The van der Waals surface area contributed by atoms with Crippen LogP contribution in [0.15, 0.2) is 29.2 Å². The van der Waals surface area contributed by atoms with E-state index in [0.717, 1.165) is 18.7 Å². The van der Waals surface area contributed by atoms with Gasteiger partial charge in [0.2, 0.25) is 0 Å². The Morgan fingerprint density at radius 2 is 1.84 bits per heavy atom. The first-order valence-electron chi connectivity index (χ1n) is 6.18. The molecule has 0 unspecified atom stereocenters. The smallest absolute Gasteiger partial charge is 0.294 e. The zero-order chi connectivity index (χ0) is 14.5. The molecule has 2 N–H and O–H groups in total. The number of ether oxygens (including phenoxy) is 1. The molecule has 0 amide bonds. The van der Waals surface area contributed by atoms with Crippen molar-refractivity contribution in [3.8, 4) is 0 Å². The summed E-state index contributed by atoms with van der Waals surface area (Å²) in [7, 11) is -4.02. The Labute approximate surface area is 114 Å². The Morgan fingerprint density at radius 1 is 1.26 bits per heavy atom. The number of nitrogens with one attached hydrogen (secondary N) is 1. The summed E-state index contributed by atoms with van der Waals surface area (Å²) in [6.45, 7) is 7.92. The van der Waals surface area contributed by atoms with E-state index >= 15 is 0 Å². The van der Waals surface area contributed by atoms with E-state index in [2.05, 4.69) is 19.2 Å². The summed E-state index contributed by atoms with van der Waals surface area (Å²) in [4.78, 5) is -0.0666. The van der Waals surface area contributed by atoms with Gasteiger partial charge in [-0.3, -0.25) is 4.55 Å². The summed E-state index contributed by atoms with van der Waals surface area (Å²) in [5, 5.41) is 3.31. The molecule has 6 heteroatoms. The fourth-order valence-electron chi connectivity index (χ4n) is 1.50. The maximum Gasteiger partial charge on any atom is 0.294 e. The van der Waals surface area contributed by atoms with Crippen LogP contribution in [0.25, 0.3) is 0 Å². The lowest BCUT2D eigenvalue weighted by atomic mass is 10.2. The molecule has 5 nitrogen and oxygen atoms in total. The minimum atomic E-state index is -4.02. The Morgan fingerprint density at radius 3 is 2.21 bits per heavy atom. The second kappa shape index (κ2) is 7.00. The summed E-state index contributed by atoms with van der Waals surface area (Å²) in [5.74, 6) is 0. The van der Waals surface area contributed by atoms with Crippen molar-refractivity contribution in [3.05, 3.63) is 29.8 Å². The number of hydrogen-bond acceptors (Lipinski definition) is 4. The van der Waals surface area contributed by atoms with Crippen molar-refractivity contribution in [3.63, 3.8) is 0 Å². The van der Waals surface area contributed by atoms with E-state index < -0.39 is 10.1 Å². The second-order valence-electron chi connectivity index (χ2n) is 4.74. The predicted octanol–water partition coefficient (Wildman–Crippen LogP) is 1.62. The highest BCUT2D eigenvalue weighted by atomic mass is 32.2. The van der Waals surface area contributed by atoms with Gasteiger partial charge in [0, 0.05) is 12.6 Å². The SMILES string of the molecule is C[C@@H]1CO[C@@H](C)CN1.Cc1ccc(S(=O)(=O)O)cc1. The molecule has 0 spiro atoms. The third-order valence-electron chi connectivity index (χ3n) is 2.70. The van der Waals surface area contributed by atoms with Crippen molar-refractivity contribution in [1.82, 2.24) is 5.32 Å². The third kappa shape index (κ3) is 6.15. The Hall–Kier alpha value is -0.950. The van der Waals surface area contributed by atoms with E-state index in [1.807, 2.05) is 6.92 Å². The minimum Gasteiger partial charge on any atom is -0.376 e. The van der Waals surface area contributed by atoms with Crippen LogP contribution in [0.2, 0.25) is 0 Å². The van der Waals surface area contributed by atoms with Crippen molar-refractivity contribution >= 4 is 10.1 Å². The molecule has 0 bridgehead atoms. The summed E-state index contributed by atoms with van der Waals surface area (Å²) in [5.41, 5.74) is 0.956. The number of aryl methyl sites for hydroxylation is 1. The van der Waals surface area contributed by atoms with Gasteiger partial charge in [0.1, 0.15) is 0 Å². The fourth-order valence-corrected chi connectivity index (χ4v) is 1.98. The Bertz CT molecular complexity index is 466. The van der Waals surface area contributed by atoms with Gasteiger partial charge in [0.15, 0.2) is 0 Å². The summed E-state index contributed by atoms with van der Waals surface area (Å²) in [6.07, 6.45) is 0.409. The molecule has 0 radical (unpaired) electrons. The molecule has 0 aromatic heterocycles. The molecule has 0 saturated carbocycles. The van der Waals surface area contributed by atoms with Crippen LogP contribution >= 0.6 is 0 Å². The van der Waals surface area contributed by atoms with Crippen molar-refractivity contribution in [2.45, 2.75) is 37.8 Å². The monoisotopic (exact) mass is 287 g/mol. The molecule has 2 rings (SSSR count). The van der Waals surface area contributed by atoms with E-state index in [9.17, 15) is 8.42 Å². The van der Waals surface area contributed by atoms with Gasteiger partial charge in [0.05, 0.1) is 17.6 Å². The van der Waals surface area contributed by atoms with E-state index in [1.54, 1.807) is 12.1 Å². The quantitative estimate of drug-likeness (QED) is 0.768. The standard InChI is InChI=1S/C7H8O3S.C6H13NO/c1-6-2-4-7(5-3-6)11(8,9)10;1-5-4-8-6(2)3-7-5/h2-5H,1H3,(H,8,9,10);5-7H,3-4H2,1-2H3/t;5-,6+/m.1/s1. The average molecular weight is 287 g/mol. The molecule has 1 aromatic carbocycles. The van der Waals surface area contributed by atoms with Gasteiger partial charge in [-0.05, 0) is 32.9 Å². The highest BCUT2D eigenvalue weighted by Crippen LogP contribution is 2.08. The summed E-state index contributed by atoms with van der Waals surface area (Å²) >= 11 is 0. The number of morpholine rings is 1. The number of benzene rings is 1. The first-order chi connectivity index (χ1) is 8.79. The van der Waals surface area contributed by atoms with Gasteiger partial charge in [-0.2, -0.15) is 8.42 Å². The van der Waals surface area contributed by atoms with Crippen molar-refractivity contribution < 1.29 is 17.7 Å². The highest BCUT2D eigenvalue weighted by molar-refractivity contribution is 7.85. The summed E-state index contributed by atoms with van der Waals surface area (Å²) < 4.78 is 34.9. The van der Waals surface area contributed by atoms with Gasteiger partial charge in [-0.1, -0.05) is 17.7 Å². The van der Waals surface area contributed by atoms with Gasteiger partial charge in [-0.15, -0.1) is 0 Å². The molecule has 1 heterocycles. The molecular weight excluding hydrogens is 266 g/mol. The summed E-state index contributed by atoms with van der Waals surface area (Å²) in [6, 6.07) is 6.54. The van der Waals surface area contributed by atoms with E-state index in [-0.39, 0.29) is 4.90 Å². The number of hydrogen-bond donors (Lipinski definition) is 2. The first-order valence-corrected chi connectivity index (χ1v) is 7.62. The lowest BCUT2D eigenvalue weighted by Gasteiger charge is -2.25. The predicted molar refractivity (Wildman–Crippen MR) is 73.9 cm³/mol. The van der Waals surface area contributed by atoms with Crippen molar-refractivity contribution in [1.29, 1.82) is 0 Å². The van der Waals surface area contributed by atoms with Crippen LogP contribution in [-0.4, -0.2) is 38.3 Å². The van der Waals surface area contributed by atoms with E-state index in [0.29, 0.717) is 12.1 Å². The van der Waals surface area contributed by atoms with Crippen LogP contribution in [0.4, 0.5) is 0 Å². The van der Waals surface area contributed by atoms with Gasteiger partial charge < -0.3 is 10.1 Å². The molecule has 2 atom stereocenters. The lowest BCUT2D eigenvalue weighted by Crippen LogP contribution is -2.43. The molecule has 1 aliphatic rings. The maximum absolute atomic E-state index is 10.5. The molecule has 1 aromatic rings. The second-order valence-corrected chi connectivity index (χ2v) is 6.16. The normalized spacial score (nSPS) is 23.4. The van der Waals surface area contributed by atoms with Crippen LogP contribution in [-0.2, 0) is 14.9 Å². The van der Waals surface area contributed by atoms with Crippen molar-refractivity contribution in [2.75, 3.05) is 13.2 Å². The molecule has 1 saturated heterocycles.